The Morgan fingerprint density at radius 2 is 1.88 bits per heavy atom. The third-order valence-corrected chi connectivity index (χ3v) is 4.65. The maximum atomic E-state index is 10.2. The first kappa shape index (κ1) is 19.5. The zero-order valence-electron chi connectivity index (χ0n) is 14.3. The molecule has 2 heterocycles. The average Bonchev–Trinajstić information content (AvgIpc) is 2.91. The second-order valence-corrected chi connectivity index (χ2v) is 6.94. The molecule has 0 spiro atoms. The van der Waals surface area contributed by atoms with Gasteiger partial charge >= 0.3 is 0 Å². The molecule has 2 saturated heterocycles. The van der Waals surface area contributed by atoms with Crippen molar-refractivity contribution in [1.29, 1.82) is 0 Å². The van der Waals surface area contributed by atoms with Crippen molar-refractivity contribution in [1.82, 2.24) is 0 Å². The van der Waals surface area contributed by atoms with Crippen molar-refractivity contribution in [3.8, 4) is 0 Å². The summed E-state index contributed by atoms with van der Waals surface area (Å²) in [7, 11) is 0. The zero-order valence-corrected chi connectivity index (χ0v) is 14.3. The summed E-state index contributed by atoms with van der Waals surface area (Å²) in [5.41, 5.74) is 8.80. The molecule has 0 aromatic carbocycles. The summed E-state index contributed by atoms with van der Waals surface area (Å²) in [5, 5.41) is 42.9. The highest BCUT2D eigenvalue weighted by Gasteiger charge is 2.52. The SMILES string of the molecule is CC1(C)O[C@H]2[C@H](O[C@@H]3O[C@H](CO)[C@H](O)[C@H](O)[C@H]3O)[C@@H](N=[N+]=[N-])C=C[C@H]2O1. The van der Waals surface area contributed by atoms with Gasteiger partial charge in [0.05, 0.1) is 12.6 Å². The topological polar surface area (TPSA) is 167 Å². The highest BCUT2D eigenvalue weighted by atomic mass is 16.8. The van der Waals surface area contributed by atoms with E-state index in [1.807, 2.05) is 0 Å². The van der Waals surface area contributed by atoms with Crippen LogP contribution in [0, 0.1) is 0 Å². The Bertz CT molecular complexity index is 593. The third-order valence-electron chi connectivity index (χ3n) is 4.65. The molecule has 0 radical (unpaired) electrons. The van der Waals surface area contributed by atoms with Crippen LogP contribution in [0.25, 0.3) is 10.4 Å². The molecular weight excluding hydrogens is 350 g/mol. The zero-order chi connectivity index (χ0) is 19.1. The fraction of sp³-hybridized carbons (Fsp3) is 0.867. The number of fused-ring (bicyclic) bond motifs is 1. The summed E-state index contributed by atoms with van der Waals surface area (Å²) >= 11 is 0. The van der Waals surface area contributed by atoms with E-state index in [1.165, 1.54) is 0 Å². The van der Waals surface area contributed by atoms with E-state index < -0.39 is 67.5 Å². The van der Waals surface area contributed by atoms with Crippen molar-refractivity contribution in [2.45, 2.75) is 74.7 Å². The number of ether oxygens (including phenoxy) is 4. The molecule has 1 aliphatic carbocycles. The maximum absolute atomic E-state index is 10.2. The predicted octanol–water partition coefficient (Wildman–Crippen LogP) is -1.06. The van der Waals surface area contributed by atoms with E-state index in [9.17, 15) is 20.4 Å². The third kappa shape index (κ3) is 3.58. The van der Waals surface area contributed by atoms with Crippen LogP contribution in [0.4, 0.5) is 0 Å². The van der Waals surface area contributed by atoms with Crippen molar-refractivity contribution in [2.24, 2.45) is 5.11 Å². The van der Waals surface area contributed by atoms with Crippen LogP contribution >= 0.6 is 0 Å². The summed E-state index contributed by atoms with van der Waals surface area (Å²) < 4.78 is 22.8. The number of hydrogen-bond acceptors (Lipinski definition) is 9. The Morgan fingerprint density at radius 3 is 2.54 bits per heavy atom. The van der Waals surface area contributed by atoms with Crippen molar-refractivity contribution < 1.29 is 39.4 Å². The smallest absolute Gasteiger partial charge is 0.187 e. The first-order chi connectivity index (χ1) is 12.3. The Kier molecular flexibility index (Phi) is 5.54. The van der Waals surface area contributed by atoms with Crippen LogP contribution in [-0.2, 0) is 18.9 Å². The summed E-state index contributed by atoms with van der Waals surface area (Å²) in [6.07, 6.45) is -5.75. The molecule has 3 rings (SSSR count). The molecule has 0 amide bonds. The van der Waals surface area contributed by atoms with Crippen LogP contribution < -0.4 is 0 Å². The van der Waals surface area contributed by atoms with Gasteiger partial charge in [0, 0.05) is 4.91 Å². The summed E-state index contributed by atoms with van der Waals surface area (Å²) in [5.74, 6) is -0.887. The van der Waals surface area contributed by atoms with Crippen LogP contribution in [0.5, 0.6) is 0 Å². The Labute approximate surface area is 149 Å². The lowest BCUT2D eigenvalue weighted by Crippen LogP contribution is -2.61. The molecule has 2 fully saturated rings. The number of hydrogen-bond donors (Lipinski definition) is 4. The largest absolute Gasteiger partial charge is 0.394 e. The van der Waals surface area contributed by atoms with Crippen LogP contribution in [0.1, 0.15) is 13.8 Å². The monoisotopic (exact) mass is 373 g/mol. The molecule has 26 heavy (non-hydrogen) atoms. The Hall–Kier alpha value is -1.27. The number of nitrogens with zero attached hydrogens (tertiary/aromatic N) is 3. The number of rotatable bonds is 4. The van der Waals surface area contributed by atoms with Crippen molar-refractivity contribution >= 4 is 0 Å². The van der Waals surface area contributed by atoms with E-state index in [2.05, 4.69) is 10.0 Å². The van der Waals surface area contributed by atoms with E-state index in [0.717, 1.165) is 0 Å². The van der Waals surface area contributed by atoms with E-state index in [1.54, 1.807) is 26.0 Å². The molecule has 0 unspecified atom stereocenters. The van der Waals surface area contributed by atoms with Gasteiger partial charge in [-0.25, -0.2) is 0 Å². The Balaban J connectivity index is 1.82. The minimum atomic E-state index is -1.57. The van der Waals surface area contributed by atoms with Crippen molar-refractivity contribution in [3.05, 3.63) is 22.6 Å². The van der Waals surface area contributed by atoms with Gasteiger partial charge in [0.15, 0.2) is 12.1 Å². The van der Waals surface area contributed by atoms with E-state index in [-0.39, 0.29) is 0 Å². The average molecular weight is 373 g/mol. The molecule has 4 N–H and O–H groups in total. The van der Waals surface area contributed by atoms with Crippen LogP contribution in [0.15, 0.2) is 17.3 Å². The van der Waals surface area contributed by atoms with E-state index >= 15 is 0 Å². The number of aliphatic hydroxyl groups excluding tert-OH is 4. The minimum Gasteiger partial charge on any atom is -0.394 e. The van der Waals surface area contributed by atoms with Gasteiger partial charge in [-0.2, -0.15) is 0 Å². The van der Waals surface area contributed by atoms with Crippen LogP contribution in [-0.4, -0.2) is 87.9 Å². The highest BCUT2D eigenvalue weighted by Crippen LogP contribution is 2.37. The van der Waals surface area contributed by atoms with Crippen molar-refractivity contribution in [2.75, 3.05) is 6.61 Å². The molecule has 0 aromatic rings. The molecule has 0 saturated carbocycles. The van der Waals surface area contributed by atoms with E-state index in [4.69, 9.17) is 24.5 Å². The van der Waals surface area contributed by atoms with Crippen molar-refractivity contribution in [3.63, 3.8) is 0 Å². The molecule has 9 atom stereocenters. The van der Waals surface area contributed by atoms with Gasteiger partial charge in [0.25, 0.3) is 0 Å². The van der Waals surface area contributed by atoms with Gasteiger partial charge < -0.3 is 39.4 Å². The second-order valence-electron chi connectivity index (χ2n) is 6.94. The standard InChI is InChI=1S/C15H23N3O8/c1-15(2)25-7-4-3-6(17-18-16)12(13(7)26-15)24-14-11(22)10(21)9(20)8(5-19)23-14/h3-4,6-14,19-22H,5H2,1-2H3/t6-,7+,8+,9-,10-,11+,12+,13+,14-/m0/s1. The lowest BCUT2D eigenvalue weighted by atomic mass is 9.94. The lowest BCUT2D eigenvalue weighted by molar-refractivity contribution is -0.319. The predicted molar refractivity (Wildman–Crippen MR) is 84.5 cm³/mol. The van der Waals surface area contributed by atoms with Gasteiger partial charge in [0.1, 0.15) is 42.7 Å². The molecule has 2 aliphatic heterocycles. The summed E-state index contributed by atoms with van der Waals surface area (Å²) in [4.78, 5) is 2.80. The minimum absolute atomic E-state index is 0.454. The maximum Gasteiger partial charge on any atom is 0.187 e. The summed E-state index contributed by atoms with van der Waals surface area (Å²) in [6, 6.07) is -0.758. The first-order valence-electron chi connectivity index (χ1n) is 8.31. The van der Waals surface area contributed by atoms with Gasteiger partial charge in [-0.05, 0) is 19.4 Å². The normalized spacial score (nSPS) is 47.2. The molecule has 11 nitrogen and oxygen atoms in total. The molecule has 0 aromatic heterocycles. The van der Waals surface area contributed by atoms with Crippen LogP contribution in [0.3, 0.4) is 0 Å². The van der Waals surface area contributed by atoms with Crippen LogP contribution in [0.2, 0.25) is 0 Å². The number of aliphatic hydroxyl groups is 4. The first-order valence-corrected chi connectivity index (χ1v) is 8.31. The number of azide groups is 1. The summed E-state index contributed by atoms with van der Waals surface area (Å²) in [6.45, 7) is 2.88. The van der Waals surface area contributed by atoms with Gasteiger partial charge in [-0.15, -0.1) is 0 Å². The van der Waals surface area contributed by atoms with E-state index in [0.29, 0.717) is 0 Å². The molecule has 11 heteroatoms. The molecular formula is C15H23N3O8. The fourth-order valence-electron chi connectivity index (χ4n) is 3.40. The quantitative estimate of drug-likeness (QED) is 0.209. The second kappa shape index (κ2) is 7.39. The Morgan fingerprint density at radius 1 is 1.15 bits per heavy atom. The van der Waals surface area contributed by atoms with Gasteiger partial charge in [0.2, 0.25) is 0 Å². The highest BCUT2D eigenvalue weighted by molar-refractivity contribution is 5.15. The molecule has 0 bridgehead atoms. The van der Waals surface area contributed by atoms with Gasteiger partial charge in [-0.3, -0.25) is 0 Å². The molecule has 3 aliphatic rings. The van der Waals surface area contributed by atoms with Gasteiger partial charge in [-0.1, -0.05) is 17.3 Å². The fourth-order valence-corrected chi connectivity index (χ4v) is 3.40. The lowest BCUT2D eigenvalue weighted by Gasteiger charge is -2.42. The molecule has 146 valence electrons.